The van der Waals surface area contributed by atoms with Crippen LogP contribution in [0.1, 0.15) is 11.1 Å². The summed E-state index contributed by atoms with van der Waals surface area (Å²) in [5.41, 5.74) is 4.86. The lowest BCUT2D eigenvalue weighted by atomic mass is 10.0. The van der Waals surface area contributed by atoms with Crippen LogP contribution in [0, 0.1) is 0 Å². The van der Waals surface area contributed by atoms with Crippen molar-refractivity contribution in [3.05, 3.63) is 83.9 Å². The van der Waals surface area contributed by atoms with Crippen molar-refractivity contribution in [2.24, 2.45) is 0 Å². The lowest BCUT2D eigenvalue weighted by Gasteiger charge is -2.23. The summed E-state index contributed by atoms with van der Waals surface area (Å²) < 4.78 is 29.0. The predicted molar refractivity (Wildman–Crippen MR) is 117 cm³/mol. The van der Waals surface area contributed by atoms with Gasteiger partial charge in [-0.05, 0) is 47.4 Å². The summed E-state index contributed by atoms with van der Waals surface area (Å²) in [5.74, 6) is -0.0464. The molecule has 6 heteroatoms. The van der Waals surface area contributed by atoms with Crippen molar-refractivity contribution in [2.45, 2.75) is 17.9 Å². The van der Waals surface area contributed by atoms with Gasteiger partial charge in [0, 0.05) is 24.1 Å². The highest BCUT2D eigenvalue weighted by atomic mass is 32.2. The van der Waals surface area contributed by atoms with Crippen molar-refractivity contribution in [1.82, 2.24) is 0 Å². The summed E-state index contributed by atoms with van der Waals surface area (Å²) in [6.45, 7) is 1.00. The minimum absolute atomic E-state index is 0.0464. The molecule has 1 aliphatic rings. The minimum atomic E-state index is -3.23. The second kappa shape index (κ2) is 8.42. The number of sulfone groups is 1. The van der Waals surface area contributed by atoms with Gasteiger partial charge >= 0.3 is 0 Å². The molecule has 0 saturated heterocycles. The van der Waals surface area contributed by atoms with Gasteiger partial charge in [-0.1, -0.05) is 48.5 Å². The molecule has 0 atom stereocenters. The first-order valence-corrected chi connectivity index (χ1v) is 11.7. The third-order valence-electron chi connectivity index (χ3n) is 5.24. The summed E-state index contributed by atoms with van der Waals surface area (Å²) in [7, 11) is -3.23. The molecule has 3 aromatic carbocycles. The zero-order valence-corrected chi connectivity index (χ0v) is 17.6. The number of nitrogens with zero attached hydrogens (tertiary/aromatic N) is 1. The van der Waals surface area contributed by atoms with Crippen LogP contribution in [-0.4, -0.2) is 33.7 Å². The number of hydrogen-bond donors (Lipinski definition) is 0. The Bertz CT molecular complexity index is 1160. The molecule has 5 nitrogen and oxygen atoms in total. The highest BCUT2D eigenvalue weighted by molar-refractivity contribution is 7.90. The predicted octanol–water partition coefficient (Wildman–Crippen LogP) is 3.86. The standard InChI is InChI=1S/C24H23NO4S/c1-30(27,28)22-10-7-19(8-11-22)20-9-12-23-21(15-20)16-29-17-24(26)25(23)14-13-18-5-3-2-4-6-18/h2-12,15H,13-14,16-17H2,1H3. The van der Waals surface area contributed by atoms with Gasteiger partial charge < -0.3 is 9.64 Å². The lowest BCUT2D eigenvalue weighted by molar-refractivity contribution is -0.123. The van der Waals surface area contributed by atoms with Crippen LogP contribution in [0.15, 0.2) is 77.7 Å². The molecule has 3 aromatic rings. The average Bonchev–Trinajstić information content (AvgIpc) is 2.90. The largest absolute Gasteiger partial charge is 0.367 e. The van der Waals surface area contributed by atoms with E-state index in [0.29, 0.717) is 18.0 Å². The van der Waals surface area contributed by atoms with E-state index in [-0.39, 0.29) is 12.5 Å². The molecule has 0 fully saturated rings. The van der Waals surface area contributed by atoms with Gasteiger partial charge in [-0.3, -0.25) is 4.79 Å². The van der Waals surface area contributed by atoms with Crippen LogP contribution in [0.5, 0.6) is 0 Å². The van der Waals surface area contributed by atoms with Crippen molar-refractivity contribution in [1.29, 1.82) is 0 Å². The van der Waals surface area contributed by atoms with Crippen LogP contribution in [0.3, 0.4) is 0 Å². The van der Waals surface area contributed by atoms with Gasteiger partial charge in [-0.2, -0.15) is 0 Å². The van der Waals surface area contributed by atoms with Gasteiger partial charge in [-0.15, -0.1) is 0 Å². The van der Waals surface area contributed by atoms with Gasteiger partial charge in [0.15, 0.2) is 9.84 Å². The van der Waals surface area contributed by atoms with E-state index >= 15 is 0 Å². The third-order valence-corrected chi connectivity index (χ3v) is 6.37. The van der Waals surface area contributed by atoms with Crippen LogP contribution in [0.4, 0.5) is 5.69 Å². The summed E-state index contributed by atoms with van der Waals surface area (Å²) in [6, 6.07) is 22.8. The van der Waals surface area contributed by atoms with E-state index in [4.69, 9.17) is 4.74 Å². The third kappa shape index (κ3) is 4.45. The van der Waals surface area contributed by atoms with Gasteiger partial charge in [0.25, 0.3) is 5.91 Å². The van der Waals surface area contributed by atoms with Crippen molar-refractivity contribution in [3.63, 3.8) is 0 Å². The first-order valence-electron chi connectivity index (χ1n) is 9.77. The second-order valence-corrected chi connectivity index (χ2v) is 9.43. The van der Waals surface area contributed by atoms with Crippen LogP contribution in [0.2, 0.25) is 0 Å². The number of carbonyl (C=O) groups excluding carboxylic acids is 1. The molecular formula is C24H23NO4S. The number of anilines is 1. The van der Waals surface area contributed by atoms with E-state index in [1.54, 1.807) is 29.2 Å². The quantitative estimate of drug-likeness (QED) is 0.628. The molecule has 0 saturated carbocycles. The monoisotopic (exact) mass is 421 g/mol. The van der Waals surface area contributed by atoms with E-state index in [0.717, 1.165) is 28.8 Å². The van der Waals surface area contributed by atoms with Gasteiger partial charge in [0.05, 0.1) is 11.5 Å². The van der Waals surface area contributed by atoms with Crippen LogP contribution in [-0.2, 0) is 32.4 Å². The minimum Gasteiger partial charge on any atom is -0.367 e. The van der Waals surface area contributed by atoms with E-state index in [2.05, 4.69) is 12.1 Å². The van der Waals surface area contributed by atoms with Crippen molar-refractivity contribution < 1.29 is 17.9 Å². The van der Waals surface area contributed by atoms with Crippen LogP contribution in [0.25, 0.3) is 11.1 Å². The fourth-order valence-electron chi connectivity index (χ4n) is 3.63. The Morgan fingerprint density at radius 3 is 2.30 bits per heavy atom. The van der Waals surface area contributed by atoms with Crippen molar-refractivity contribution >= 4 is 21.4 Å². The molecule has 1 amide bonds. The Balaban J connectivity index is 1.62. The fourth-order valence-corrected chi connectivity index (χ4v) is 4.26. The molecule has 0 aliphatic carbocycles. The number of ether oxygens (including phenoxy) is 1. The molecule has 0 aromatic heterocycles. The van der Waals surface area contributed by atoms with E-state index in [1.807, 2.05) is 36.4 Å². The molecule has 30 heavy (non-hydrogen) atoms. The number of fused-ring (bicyclic) bond motifs is 1. The smallest absolute Gasteiger partial charge is 0.253 e. The van der Waals surface area contributed by atoms with Crippen LogP contribution < -0.4 is 4.90 Å². The number of hydrogen-bond acceptors (Lipinski definition) is 4. The molecule has 1 heterocycles. The molecule has 4 rings (SSSR count). The first kappa shape index (κ1) is 20.3. The Kier molecular flexibility index (Phi) is 5.70. The highest BCUT2D eigenvalue weighted by Crippen LogP contribution is 2.31. The molecule has 154 valence electrons. The summed E-state index contributed by atoms with van der Waals surface area (Å²) in [6.07, 6.45) is 1.96. The van der Waals surface area contributed by atoms with E-state index in [9.17, 15) is 13.2 Å². The molecule has 1 aliphatic heterocycles. The summed E-state index contributed by atoms with van der Waals surface area (Å²) >= 11 is 0. The molecule has 0 unspecified atom stereocenters. The second-order valence-electron chi connectivity index (χ2n) is 7.41. The van der Waals surface area contributed by atoms with Crippen molar-refractivity contribution in [2.75, 3.05) is 24.3 Å². The molecule has 0 spiro atoms. The average molecular weight is 422 g/mol. The maximum atomic E-state index is 12.6. The van der Waals surface area contributed by atoms with Gasteiger partial charge in [0.2, 0.25) is 0 Å². The van der Waals surface area contributed by atoms with E-state index < -0.39 is 9.84 Å². The van der Waals surface area contributed by atoms with Gasteiger partial charge in [-0.25, -0.2) is 8.42 Å². The zero-order chi connectivity index (χ0) is 21.1. The Morgan fingerprint density at radius 2 is 1.60 bits per heavy atom. The number of amides is 1. The zero-order valence-electron chi connectivity index (χ0n) is 16.7. The Hall–Kier alpha value is -2.96. The SMILES string of the molecule is CS(=O)(=O)c1ccc(-c2ccc3c(c2)COCC(=O)N3CCc2ccccc2)cc1. The number of rotatable bonds is 5. The normalized spacial score (nSPS) is 14.3. The maximum Gasteiger partial charge on any atom is 0.253 e. The molecular weight excluding hydrogens is 398 g/mol. The van der Waals surface area contributed by atoms with Crippen molar-refractivity contribution in [3.8, 4) is 11.1 Å². The summed E-state index contributed by atoms with van der Waals surface area (Å²) in [4.78, 5) is 14.7. The maximum absolute atomic E-state index is 12.6. The number of carbonyl (C=O) groups is 1. The first-order chi connectivity index (χ1) is 14.4. The fraction of sp³-hybridized carbons (Fsp3) is 0.208. The lowest BCUT2D eigenvalue weighted by Crippen LogP contribution is -2.34. The molecule has 0 radical (unpaired) electrons. The van der Waals surface area contributed by atoms with Crippen LogP contribution >= 0.6 is 0 Å². The van der Waals surface area contributed by atoms with E-state index in [1.165, 1.54) is 11.8 Å². The molecule has 0 bridgehead atoms. The number of benzene rings is 3. The molecule has 0 N–H and O–H groups in total. The van der Waals surface area contributed by atoms with Gasteiger partial charge in [0.1, 0.15) is 6.61 Å². The Labute approximate surface area is 176 Å². The Morgan fingerprint density at radius 1 is 0.900 bits per heavy atom. The summed E-state index contributed by atoms with van der Waals surface area (Å²) in [5, 5.41) is 0. The topological polar surface area (TPSA) is 63.7 Å². The highest BCUT2D eigenvalue weighted by Gasteiger charge is 2.23.